The molecule has 2 atom stereocenters. The summed E-state index contributed by atoms with van der Waals surface area (Å²) in [4.78, 5) is 24.6. The summed E-state index contributed by atoms with van der Waals surface area (Å²) in [7, 11) is 1.86. The summed E-state index contributed by atoms with van der Waals surface area (Å²) < 4.78 is 1.71. The molecule has 2 unspecified atom stereocenters. The zero-order valence-electron chi connectivity index (χ0n) is 16.3. The number of hydrogen-bond donors (Lipinski definition) is 1. The predicted molar refractivity (Wildman–Crippen MR) is 113 cm³/mol. The SMILES string of the molecule is Cn1cc(Nc2nccc(C3=CC4CCC(C3)N4C(=O)c3cc(C#N)cs3)n2)cn1. The standard InChI is InChI=1S/C21H19N7OS/c1-27-11-15(10-24-27)25-21-23-5-4-18(26-21)14-7-16-2-3-17(8-14)28(16)20(29)19-6-13(9-22)12-30-19/h4-7,10-12,16-17H,2-3,8H2,1H3,(H,23,25,26). The highest BCUT2D eigenvalue weighted by molar-refractivity contribution is 7.12. The van der Waals surface area contributed by atoms with Gasteiger partial charge in [-0.15, -0.1) is 11.3 Å². The van der Waals surface area contributed by atoms with Crippen LogP contribution in [0.15, 0.2) is 42.2 Å². The largest absolute Gasteiger partial charge is 0.328 e. The molecule has 0 spiro atoms. The number of nitriles is 1. The molecule has 150 valence electrons. The van der Waals surface area contributed by atoms with Crippen molar-refractivity contribution >= 4 is 34.5 Å². The van der Waals surface area contributed by atoms with E-state index < -0.39 is 0 Å². The van der Waals surface area contributed by atoms with E-state index in [1.54, 1.807) is 28.5 Å². The molecule has 2 bridgehead atoms. The van der Waals surface area contributed by atoms with Gasteiger partial charge in [0.2, 0.25) is 5.95 Å². The molecule has 8 nitrogen and oxygen atoms in total. The number of carbonyl (C=O) groups is 1. The smallest absolute Gasteiger partial charge is 0.264 e. The molecule has 5 rings (SSSR count). The molecule has 0 saturated carbocycles. The summed E-state index contributed by atoms with van der Waals surface area (Å²) in [5.74, 6) is 0.542. The van der Waals surface area contributed by atoms with E-state index in [1.165, 1.54) is 11.3 Å². The molecule has 2 aliphatic heterocycles. The van der Waals surface area contributed by atoms with E-state index in [4.69, 9.17) is 5.26 Å². The molecule has 1 fully saturated rings. The Morgan fingerprint density at radius 3 is 3.03 bits per heavy atom. The number of thiophene rings is 1. The van der Waals surface area contributed by atoms with Gasteiger partial charge in [-0.25, -0.2) is 9.97 Å². The van der Waals surface area contributed by atoms with Gasteiger partial charge in [0, 0.05) is 30.9 Å². The lowest BCUT2D eigenvalue weighted by Crippen LogP contribution is -2.42. The molecule has 0 aromatic carbocycles. The molecule has 30 heavy (non-hydrogen) atoms. The van der Waals surface area contributed by atoms with Crippen LogP contribution in [-0.2, 0) is 7.05 Å². The molecule has 5 heterocycles. The zero-order valence-corrected chi connectivity index (χ0v) is 17.1. The second-order valence-electron chi connectivity index (χ2n) is 7.51. The van der Waals surface area contributed by atoms with E-state index in [0.29, 0.717) is 16.4 Å². The van der Waals surface area contributed by atoms with Crippen LogP contribution in [-0.4, -0.2) is 42.6 Å². The van der Waals surface area contributed by atoms with Crippen molar-refractivity contribution < 1.29 is 4.79 Å². The first-order chi connectivity index (χ1) is 14.6. The highest BCUT2D eigenvalue weighted by Crippen LogP contribution is 2.39. The van der Waals surface area contributed by atoms with Gasteiger partial charge in [0.25, 0.3) is 5.91 Å². The highest BCUT2D eigenvalue weighted by atomic mass is 32.1. The predicted octanol–water partition coefficient (Wildman–Crippen LogP) is 3.35. The number of nitrogens with zero attached hydrogens (tertiary/aromatic N) is 6. The summed E-state index contributed by atoms with van der Waals surface area (Å²) in [6.45, 7) is 0. The van der Waals surface area contributed by atoms with Crippen molar-refractivity contribution in [1.29, 1.82) is 5.26 Å². The fraction of sp³-hybridized carbons (Fsp3) is 0.286. The van der Waals surface area contributed by atoms with Crippen LogP contribution in [0.25, 0.3) is 5.57 Å². The minimum atomic E-state index is 0.0194. The Bertz CT molecular complexity index is 1190. The topological polar surface area (TPSA) is 99.7 Å². The Morgan fingerprint density at radius 2 is 2.30 bits per heavy atom. The summed E-state index contributed by atoms with van der Waals surface area (Å²) in [6, 6.07) is 5.91. The first kappa shape index (κ1) is 18.5. The van der Waals surface area contributed by atoms with Crippen molar-refractivity contribution in [3.63, 3.8) is 0 Å². The van der Waals surface area contributed by atoms with E-state index in [9.17, 15) is 4.79 Å². The number of anilines is 2. The molecule has 1 amide bonds. The van der Waals surface area contributed by atoms with Gasteiger partial charge in [0.1, 0.15) is 6.07 Å². The summed E-state index contributed by atoms with van der Waals surface area (Å²) in [5, 5.41) is 18.1. The van der Waals surface area contributed by atoms with Gasteiger partial charge in [-0.2, -0.15) is 10.4 Å². The Balaban J connectivity index is 1.37. The van der Waals surface area contributed by atoms with Crippen LogP contribution in [0.4, 0.5) is 11.6 Å². The molecule has 2 aliphatic rings. The second-order valence-corrected chi connectivity index (χ2v) is 8.42. The van der Waals surface area contributed by atoms with Crippen molar-refractivity contribution in [3.05, 3.63) is 58.3 Å². The fourth-order valence-corrected chi connectivity index (χ4v) is 4.96. The van der Waals surface area contributed by atoms with E-state index in [0.717, 1.165) is 36.2 Å². The van der Waals surface area contributed by atoms with Gasteiger partial charge in [0.15, 0.2) is 0 Å². The Morgan fingerprint density at radius 1 is 1.40 bits per heavy atom. The number of fused-ring (bicyclic) bond motifs is 2. The van der Waals surface area contributed by atoms with E-state index in [-0.39, 0.29) is 18.0 Å². The van der Waals surface area contributed by atoms with E-state index in [2.05, 4.69) is 32.5 Å². The first-order valence-corrected chi connectivity index (χ1v) is 10.6. The average Bonchev–Trinajstić information content (AvgIpc) is 3.46. The highest BCUT2D eigenvalue weighted by Gasteiger charge is 2.40. The van der Waals surface area contributed by atoms with Gasteiger partial charge >= 0.3 is 0 Å². The first-order valence-electron chi connectivity index (χ1n) is 9.72. The molecule has 9 heteroatoms. The third-order valence-electron chi connectivity index (χ3n) is 5.51. The Labute approximate surface area is 177 Å². The Hall–Kier alpha value is -3.51. The van der Waals surface area contributed by atoms with Crippen LogP contribution in [0.5, 0.6) is 0 Å². The molecule has 1 N–H and O–H groups in total. The van der Waals surface area contributed by atoms with Crippen molar-refractivity contribution in [2.75, 3.05) is 5.32 Å². The van der Waals surface area contributed by atoms with Crippen molar-refractivity contribution in [2.45, 2.75) is 31.3 Å². The normalized spacial score (nSPS) is 20.0. The number of aryl methyl sites for hydroxylation is 1. The van der Waals surface area contributed by atoms with Gasteiger partial charge in [-0.05, 0) is 37.0 Å². The van der Waals surface area contributed by atoms with E-state index in [1.807, 2.05) is 24.2 Å². The van der Waals surface area contributed by atoms with Gasteiger partial charge in [0.05, 0.1) is 34.1 Å². The lowest BCUT2D eigenvalue weighted by atomic mass is 9.98. The molecule has 0 aliphatic carbocycles. The van der Waals surface area contributed by atoms with Crippen molar-refractivity contribution in [2.24, 2.45) is 7.05 Å². The number of nitrogens with one attached hydrogen (secondary N) is 1. The average molecular weight is 417 g/mol. The third-order valence-corrected chi connectivity index (χ3v) is 6.43. The Kier molecular flexibility index (Phi) is 4.56. The van der Waals surface area contributed by atoms with Crippen LogP contribution in [0.3, 0.4) is 0 Å². The number of aromatic nitrogens is 4. The maximum absolute atomic E-state index is 13.0. The number of carbonyl (C=O) groups excluding carboxylic acids is 1. The summed E-state index contributed by atoms with van der Waals surface area (Å²) >= 11 is 1.34. The van der Waals surface area contributed by atoms with Gasteiger partial charge < -0.3 is 10.2 Å². The molecule has 0 radical (unpaired) electrons. The monoisotopic (exact) mass is 417 g/mol. The lowest BCUT2D eigenvalue weighted by Gasteiger charge is -2.33. The summed E-state index contributed by atoms with van der Waals surface area (Å²) in [6.07, 6.45) is 10.2. The third kappa shape index (κ3) is 3.35. The number of hydrogen-bond acceptors (Lipinski definition) is 7. The van der Waals surface area contributed by atoms with Crippen molar-refractivity contribution in [3.8, 4) is 6.07 Å². The summed E-state index contributed by atoms with van der Waals surface area (Å²) in [5.41, 5.74) is 3.39. The molecule has 3 aromatic rings. The van der Waals surface area contributed by atoms with E-state index >= 15 is 0 Å². The molecular weight excluding hydrogens is 398 g/mol. The van der Waals surface area contributed by atoms with Gasteiger partial charge in [-0.1, -0.05) is 6.08 Å². The fourth-order valence-electron chi connectivity index (χ4n) is 4.18. The number of amides is 1. The quantitative estimate of drug-likeness (QED) is 0.699. The van der Waals surface area contributed by atoms with Crippen LogP contribution < -0.4 is 5.32 Å². The molecule has 1 saturated heterocycles. The van der Waals surface area contributed by atoms with Crippen LogP contribution in [0, 0.1) is 11.3 Å². The zero-order chi connectivity index (χ0) is 20.7. The van der Waals surface area contributed by atoms with Crippen LogP contribution >= 0.6 is 11.3 Å². The minimum absolute atomic E-state index is 0.0194. The molecular formula is C21H19N7OS. The second kappa shape index (κ2) is 7.39. The molecule has 3 aromatic heterocycles. The minimum Gasteiger partial charge on any atom is -0.328 e. The maximum atomic E-state index is 13.0. The van der Waals surface area contributed by atoms with Crippen LogP contribution in [0.2, 0.25) is 0 Å². The lowest BCUT2D eigenvalue weighted by molar-refractivity contribution is 0.0697. The van der Waals surface area contributed by atoms with Crippen molar-refractivity contribution in [1.82, 2.24) is 24.6 Å². The number of rotatable bonds is 4. The van der Waals surface area contributed by atoms with Crippen LogP contribution in [0.1, 0.15) is 40.2 Å². The maximum Gasteiger partial charge on any atom is 0.264 e. The van der Waals surface area contributed by atoms with Gasteiger partial charge in [-0.3, -0.25) is 9.48 Å².